The van der Waals surface area contributed by atoms with E-state index >= 15 is 0 Å². The second-order valence-electron chi connectivity index (χ2n) is 3.92. The van der Waals surface area contributed by atoms with Crippen molar-refractivity contribution in [2.24, 2.45) is 0 Å². The molecule has 0 N–H and O–H groups in total. The van der Waals surface area contributed by atoms with E-state index in [1.54, 1.807) is 0 Å². The van der Waals surface area contributed by atoms with Crippen LogP contribution < -0.4 is 0 Å². The van der Waals surface area contributed by atoms with Crippen molar-refractivity contribution in [1.29, 1.82) is 0 Å². The number of hydrogen-bond donors (Lipinski definition) is 0. The molecule has 0 fully saturated rings. The van der Waals surface area contributed by atoms with Crippen molar-refractivity contribution in [1.82, 2.24) is 0 Å². The van der Waals surface area contributed by atoms with Gasteiger partial charge < -0.3 is 9.05 Å². The van der Waals surface area contributed by atoms with E-state index in [-0.39, 0.29) is 18.8 Å². The van der Waals surface area contributed by atoms with Crippen molar-refractivity contribution in [3.63, 3.8) is 0 Å². The lowest BCUT2D eigenvalue weighted by molar-refractivity contribution is -0.0689. The van der Waals surface area contributed by atoms with Gasteiger partial charge in [0.1, 0.15) is 5.82 Å². The van der Waals surface area contributed by atoms with E-state index in [0.29, 0.717) is 5.82 Å². The molecule has 0 aliphatic rings. The number of alkyl halides is 3. The standard InChI is InChI=1S/C13H15F4O3P/c1-3-19-21(18,20-4-2)9-12(13(15,16)17)10-5-7-11(14)8-6-10/h5-9H,3-4H2,1-2H3/b12-9+. The highest BCUT2D eigenvalue weighted by atomic mass is 31.2. The summed E-state index contributed by atoms with van der Waals surface area (Å²) in [6.45, 7) is 2.85. The van der Waals surface area contributed by atoms with E-state index in [2.05, 4.69) is 0 Å². The number of benzene rings is 1. The highest BCUT2D eigenvalue weighted by molar-refractivity contribution is 7.57. The summed E-state index contributed by atoms with van der Waals surface area (Å²) in [5.74, 6) is -0.231. The van der Waals surface area contributed by atoms with Gasteiger partial charge >= 0.3 is 13.8 Å². The Morgan fingerprint density at radius 3 is 2.00 bits per heavy atom. The van der Waals surface area contributed by atoms with Gasteiger partial charge in [-0.05, 0) is 31.5 Å². The summed E-state index contributed by atoms with van der Waals surface area (Å²) < 4.78 is 74.1. The molecule has 1 aromatic rings. The molecule has 0 amide bonds. The highest BCUT2D eigenvalue weighted by Crippen LogP contribution is 2.53. The summed E-state index contributed by atoms with van der Waals surface area (Å²) in [6, 6.07) is 3.69. The summed E-state index contributed by atoms with van der Waals surface area (Å²) in [4.78, 5) is 0. The molecule has 0 spiro atoms. The molecule has 0 aliphatic carbocycles. The predicted molar refractivity (Wildman–Crippen MR) is 71.3 cm³/mol. The van der Waals surface area contributed by atoms with Gasteiger partial charge in [-0.3, -0.25) is 4.57 Å². The molecule has 118 valence electrons. The normalized spacial score (nSPS) is 13.5. The molecule has 0 atom stereocenters. The molecule has 1 aromatic carbocycles. The van der Waals surface area contributed by atoms with Crippen LogP contribution in [0.5, 0.6) is 0 Å². The van der Waals surface area contributed by atoms with Crippen LogP contribution in [0.25, 0.3) is 5.57 Å². The van der Waals surface area contributed by atoms with Gasteiger partial charge in [0, 0.05) is 5.82 Å². The third-order valence-corrected chi connectivity index (χ3v) is 4.18. The summed E-state index contributed by atoms with van der Waals surface area (Å²) in [5, 5.41) is 0. The van der Waals surface area contributed by atoms with Crippen LogP contribution in [0.2, 0.25) is 0 Å². The fraction of sp³-hybridized carbons (Fsp3) is 0.385. The number of rotatable bonds is 6. The average Bonchev–Trinajstić information content (AvgIpc) is 2.37. The fourth-order valence-corrected chi connectivity index (χ4v) is 3.13. The molecule has 0 saturated heterocycles. The maximum Gasteiger partial charge on any atom is 0.417 e. The fourth-order valence-electron chi connectivity index (χ4n) is 1.57. The van der Waals surface area contributed by atoms with Gasteiger partial charge in [-0.25, -0.2) is 4.39 Å². The van der Waals surface area contributed by atoms with Gasteiger partial charge in [-0.2, -0.15) is 13.2 Å². The van der Waals surface area contributed by atoms with E-state index in [1.807, 2.05) is 0 Å². The maximum atomic E-state index is 13.1. The SMILES string of the molecule is CCOP(=O)(/C=C(\c1ccc(F)cc1)C(F)(F)F)OCC. The quantitative estimate of drug-likeness (QED) is 0.545. The minimum Gasteiger partial charge on any atom is -0.306 e. The van der Waals surface area contributed by atoms with Crippen LogP contribution in [0.15, 0.2) is 30.1 Å². The van der Waals surface area contributed by atoms with Gasteiger partial charge in [0.15, 0.2) is 0 Å². The van der Waals surface area contributed by atoms with Crippen LogP contribution in [0, 0.1) is 5.82 Å². The first-order chi connectivity index (χ1) is 9.72. The van der Waals surface area contributed by atoms with Crippen molar-refractivity contribution in [2.45, 2.75) is 20.0 Å². The van der Waals surface area contributed by atoms with Crippen LogP contribution in [0.1, 0.15) is 19.4 Å². The lowest BCUT2D eigenvalue weighted by Crippen LogP contribution is -2.11. The Balaban J connectivity index is 3.33. The summed E-state index contributed by atoms with van der Waals surface area (Å²) >= 11 is 0. The zero-order valence-corrected chi connectivity index (χ0v) is 12.4. The minimum atomic E-state index is -4.78. The van der Waals surface area contributed by atoms with E-state index < -0.39 is 25.2 Å². The zero-order valence-electron chi connectivity index (χ0n) is 11.5. The molecule has 0 aliphatic heterocycles. The largest absolute Gasteiger partial charge is 0.417 e. The summed E-state index contributed by atoms with van der Waals surface area (Å²) in [7, 11) is -4.03. The molecule has 1 rings (SSSR count). The van der Waals surface area contributed by atoms with Crippen molar-refractivity contribution < 1.29 is 31.2 Å². The Morgan fingerprint density at radius 2 is 1.62 bits per heavy atom. The second kappa shape index (κ2) is 7.20. The van der Waals surface area contributed by atoms with E-state index in [1.165, 1.54) is 13.8 Å². The van der Waals surface area contributed by atoms with Crippen molar-refractivity contribution in [3.05, 3.63) is 41.5 Å². The number of allylic oxidation sites excluding steroid dienone is 1. The highest BCUT2D eigenvalue weighted by Gasteiger charge is 2.38. The van der Waals surface area contributed by atoms with Crippen LogP contribution in [-0.2, 0) is 13.6 Å². The van der Waals surface area contributed by atoms with Crippen molar-refractivity contribution in [2.75, 3.05) is 13.2 Å². The van der Waals surface area contributed by atoms with Crippen LogP contribution in [0.3, 0.4) is 0 Å². The molecule has 0 unspecified atom stereocenters. The van der Waals surface area contributed by atoms with Gasteiger partial charge in [0.2, 0.25) is 0 Å². The van der Waals surface area contributed by atoms with Gasteiger partial charge in [0.05, 0.1) is 18.8 Å². The summed E-state index contributed by atoms with van der Waals surface area (Å²) in [5.41, 5.74) is -1.50. The first-order valence-electron chi connectivity index (χ1n) is 6.16. The number of hydrogen-bond acceptors (Lipinski definition) is 3. The predicted octanol–water partition coefficient (Wildman–Crippen LogP) is 5.00. The average molecular weight is 326 g/mol. The van der Waals surface area contributed by atoms with Gasteiger partial charge in [0.25, 0.3) is 0 Å². The molecular formula is C13H15F4O3P. The lowest BCUT2D eigenvalue weighted by atomic mass is 10.1. The Kier molecular flexibility index (Phi) is 6.13. The topological polar surface area (TPSA) is 35.5 Å². The van der Waals surface area contributed by atoms with Gasteiger partial charge in [-0.15, -0.1) is 0 Å². The van der Waals surface area contributed by atoms with E-state index in [9.17, 15) is 22.1 Å². The third-order valence-electron chi connectivity index (χ3n) is 2.37. The summed E-state index contributed by atoms with van der Waals surface area (Å²) in [6.07, 6.45) is -4.78. The van der Waals surface area contributed by atoms with Crippen molar-refractivity contribution in [3.8, 4) is 0 Å². The van der Waals surface area contributed by atoms with Crippen LogP contribution in [0.4, 0.5) is 17.6 Å². The second-order valence-corrected chi connectivity index (χ2v) is 5.78. The number of halogens is 4. The van der Waals surface area contributed by atoms with Crippen LogP contribution >= 0.6 is 7.60 Å². The Labute approximate surface area is 120 Å². The van der Waals surface area contributed by atoms with E-state index in [4.69, 9.17) is 9.05 Å². The smallest absolute Gasteiger partial charge is 0.306 e. The third kappa shape index (κ3) is 5.26. The molecule has 0 radical (unpaired) electrons. The molecule has 21 heavy (non-hydrogen) atoms. The molecular weight excluding hydrogens is 311 g/mol. The van der Waals surface area contributed by atoms with E-state index in [0.717, 1.165) is 24.3 Å². The Morgan fingerprint density at radius 1 is 1.14 bits per heavy atom. The molecule has 0 aromatic heterocycles. The molecule has 3 nitrogen and oxygen atoms in total. The van der Waals surface area contributed by atoms with Crippen molar-refractivity contribution >= 4 is 13.2 Å². The molecule has 0 heterocycles. The minimum absolute atomic E-state index is 0.0671. The van der Waals surface area contributed by atoms with Crippen LogP contribution in [-0.4, -0.2) is 19.4 Å². The lowest BCUT2D eigenvalue weighted by Gasteiger charge is -2.17. The molecule has 0 bridgehead atoms. The first kappa shape index (κ1) is 17.9. The Bertz CT molecular complexity index is 527. The van der Waals surface area contributed by atoms with Gasteiger partial charge in [-0.1, -0.05) is 12.1 Å². The zero-order chi connectivity index (χ0) is 16.1. The Hall–Kier alpha value is -1.17. The molecule has 0 saturated carbocycles. The molecule has 8 heteroatoms. The first-order valence-corrected chi connectivity index (χ1v) is 7.78. The monoisotopic (exact) mass is 326 g/mol. The maximum absolute atomic E-state index is 13.1.